The number of rotatable bonds is 52. The van der Waals surface area contributed by atoms with Crippen molar-refractivity contribution in [2.45, 2.75) is 314 Å². The molecule has 1 aliphatic rings. The lowest BCUT2D eigenvalue weighted by Gasteiger charge is -2.40. The van der Waals surface area contributed by atoms with E-state index >= 15 is 0 Å². The number of amides is 1. The molecule has 7 unspecified atom stereocenters. The van der Waals surface area contributed by atoms with Crippen molar-refractivity contribution in [3.05, 3.63) is 48.6 Å². The lowest BCUT2D eigenvalue weighted by Crippen LogP contribution is -2.60. The molecule has 1 heterocycles. The van der Waals surface area contributed by atoms with Crippen LogP contribution in [0, 0.1) is 0 Å². The van der Waals surface area contributed by atoms with Gasteiger partial charge in [0.05, 0.1) is 32.0 Å². The van der Waals surface area contributed by atoms with Gasteiger partial charge in [-0.05, 0) is 77.6 Å². The van der Waals surface area contributed by atoms with Crippen LogP contribution in [0.15, 0.2) is 48.6 Å². The zero-order chi connectivity index (χ0) is 53.1. The second-order valence-electron chi connectivity index (χ2n) is 21.0. The average Bonchev–Trinajstić information content (AvgIpc) is 3.39. The molecule has 1 aliphatic heterocycles. The zero-order valence-electron chi connectivity index (χ0n) is 46.8. The zero-order valence-corrected chi connectivity index (χ0v) is 46.8. The van der Waals surface area contributed by atoms with E-state index in [0.29, 0.717) is 19.4 Å². The summed E-state index contributed by atoms with van der Waals surface area (Å²) in [4.78, 5) is 25.0. The Hall–Kier alpha value is -2.38. The number of aliphatic hydroxyl groups excluding tert-OH is 5. The van der Waals surface area contributed by atoms with Crippen LogP contribution < -0.4 is 5.32 Å². The number of carbonyl (C=O) groups excluding carboxylic acids is 2. The van der Waals surface area contributed by atoms with Gasteiger partial charge in [-0.25, -0.2) is 0 Å². The second-order valence-corrected chi connectivity index (χ2v) is 21.0. The van der Waals surface area contributed by atoms with Gasteiger partial charge in [-0.3, -0.25) is 9.59 Å². The number of allylic oxidation sites excluding steroid dienone is 7. The van der Waals surface area contributed by atoms with Gasteiger partial charge < -0.3 is 45.1 Å². The molecule has 11 nitrogen and oxygen atoms in total. The molecule has 11 heteroatoms. The molecule has 0 spiro atoms. The van der Waals surface area contributed by atoms with Crippen molar-refractivity contribution < 1.29 is 49.3 Å². The highest BCUT2D eigenvalue weighted by atomic mass is 16.7. The van der Waals surface area contributed by atoms with E-state index in [1.165, 1.54) is 161 Å². The molecule has 0 aromatic rings. The Morgan fingerprint density at radius 1 is 0.521 bits per heavy atom. The fraction of sp³-hybridized carbons (Fsp3) is 0.839. The van der Waals surface area contributed by atoms with Gasteiger partial charge in [0, 0.05) is 12.8 Å². The van der Waals surface area contributed by atoms with Crippen molar-refractivity contribution in [3.8, 4) is 0 Å². The first-order chi connectivity index (χ1) is 35.7. The van der Waals surface area contributed by atoms with E-state index in [0.717, 1.165) is 83.5 Å². The molecule has 1 amide bonds. The van der Waals surface area contributed by atoms with E-state index in [9.17, 15) is 35.1 Å². The van der Waals surface area contributed by atoms with Crippen LogP contribution >= 0.6 is 0 Å². The van der Waals surface area contributed by atoms with Crippen LogP contribution in [-0.4, -0.2) is 100 Å². The molecule has 0 radical (unpaired) electrons. The van der Waals surface area contributed by atoms with E-state index in [1.807, 2.05) is 19.1 Å². The number of carbonyl (C=O) groups is 2. The van der Waals surface area contributed by atoms with Crippen molar-refractivity contribution >= 4 is 11.9 Å². The minimum absolute atomic E-state index is 0.00158. The van der Waals surface area contributed by atoms with Crippen LogP contribution in [-0.2, 0) is 23.8 Å². The van der Waals surface area contributed by atoms with Crippen molar-refractivity contribution in [2.24, 2.45) is 0 Å². The maximum Gasteiger partial charge on any atom is 0.305 e. The normalized spacial score (nSPS) is 19.2. The monoisotopic (exact) mass is 1030 g/mol. The SMILES string of the molecule is C/C=C/CC/C=C/CC/C=C/C(O)C(COC1OC(CO)C(O)C(O)C1O)NC(=O)CCCCCCCCC/C=C\CCCCCCCCCCCCCOC(=O)CCCCCCCCCCCCCCCC. The Morgan fingerprint density at radius 3 is 1.44 bits per heavy atom. The fourth-order valence-electron chi connectivity index (χ4n) is 9.41. The van der Waals surface area contributed by atoms with Crippen molar-refractivity contribution in [2.75, 3.05) is 19.8 Å². The van der Waals surface area contributed by atoms with E-state index in [1.54, 1.807) is 6.08 Å². The third-order valence-electron chi connectivity index (χ3n) is 14.2. The molecule has 0 aromatic carbocycles. The third-order valence-corrected chi connectivity index (χ3v) is 14.2. The van der Waals surface area contributed by atoms with E-state index in [4.69, 9.17) is 14.2 Å². The number of nitrogens with one attached hydrogen (secondary N) is 1. The van der Waals surface area contributed by atoms with Gasteiger partial charge in [0.25, 0.3) is 0 Å². The highest BCUT2D eigenvalue weighted by Crippen LogP contribution is 2.23. The summed E-state index contributed by atoms with van der Waals surface area (Å²) in [5.74, 6) is -0.208. The summed E-state index contributed by atoms with van der Waals surface area (Å²) in [6, 6.07) is -0.839. The van der Waals surface area contributed by atoms with Gasteiger partial charge in [0.2, 0.25) is 5.91 Å². The number of hydrogen-bond acceptors (Lipinski definition) is 10. The van der Waals surface area contributed by atoms with Gasteiger partial charge in [0.1, 0.15) is 24.4 Å². The number of esters is 1. The molecule has 6 N–H and O–H groups in total. The van der Waals surface area contributed by atoms with Gasteiger partial charge in [-0.2, -0.15) is 0 Å². The molecule has 426 valence electrons. The van der Waals surface area contributed by atoms with Crippen LogP contribution in [0.25, 0.3) is 0 Å². The predicted molar refractivity (Wildman–Crippen MR) is 301 cm³/mol. The molecular weight excluding hydrogens is 919 g/mol. The van der Waals surface area contributed by atoms with Crippen molar-refractivity contribution in [3.63, 3.8) is 0 Å². The Bertz CT molecular complexity index is 1350. The van der Waals surface area contributed by atoms with Crippen LogP contribution in [0.3, 0.4) is 0 Å². The number of ether oxygens (including phenoxy) is 3. The highest BCUT2D eigenvalue weighted by molar-refractivity contribution is 5.76. The first kappa shape index (κ1) is 68.6. The largest absolute Gasteiger partial charge is 0.466 e. The summed E-state index contributed by atoms with van der Waals surface area (Å²) >= 11 is 0. The Labute approximate surface area is 446 Å². The van der Waals surface area contributed by atoms with E-state index in [-0.39, 0.29) is 18.5 Å². The summed E-state index contributed by atoms with van der Waals surface area (Å²) in [6.45, 7) is 4.08. The van der Waals surface area contributed by atoms with Crippen molar-refractivity contribution in [1.29, 1.82) is 0 Å². The number of aliphatic hydroxyl groups is 5. The number of unbranched alkanes of at least 4 members (excludes halogenated alkanes) is 33. The number of hydrogen-bond donors (Lipinski definition) is 6. The Morgan fingerprint density at radius 2 is 0.945 bits per heavy atom. The summed E-state index contributed by atoms with van der Waals surface area (Å²) in [6.07, 6.45) is 55.3. The molecule has 1 fully saturated rings. The van der Waals surface area contributed by atoms with Gasteiger partial charge >= 0.3 is 5.97 Å². The maximum absolute atomic E-state index is 13.0. The minimum Gasteiger partial charge on any atom is -0.466 e. The summed E-state index contributed by atoms with van der Waals surface area (Å²) in [5.41, 5.74) is 0. The molecule has 1 saturated heterocycles. The lowest BCUT2D eigenvalue weighted by molar-refractivity contribution is -0.302. The first-order valence-corrected chi connectivity index (χ1v) is 30.4. The lowest BCUT2D eigenvalue weighted by atomic mass is 9.99. The van der Waals surface area contributed by atoms with Crippen LogP contribution in [0.2, 0.25) is 0 Å². The molecular formula is C62H113NO10. The standard InChI is InChI=1S/C62H113NO10/c1-3-5-7-9-11-13-14-15-27-30-34-38-42-46-50-58(67)71-51-47-43-39-35-31-28-25-23-21-19-17-16-18-20-22-24-26-29-33-37-41-45-49-57(66)63-54(55(65)48-44-40-36-32-12-10-8-6-4-2)53-72-62-61(70)60(69)59(68)56(52-64)73-62/h4,6,12,18,20,32,44,48,54-56,59-62,64-65,68-70H,3,5,7-11,13-17,19,21-31,33-43,45-47,49-53H2,1-2H3,(H,63,66)/b6-4+,20-18-,32-12+,48-44+. The first-order valence-electron chi connectivity index (χ1n) is 30.4. The molecule has 1 rings (SSSR count). The van der Waals surface area contributed by atoms with E-state index < -0.39 is 49.5 Å². The molecule has 7 atom stereocenters. The van der Waals surface area contributed by atoms with E-state index in [2.05, 4.69) is 42.6 Å². The summed E-state index contributed by atoms with van der Waals surface area (Å²) in [7, 11) is 0. The van der Waals surface area contributed by atoms with Crippen molar-refractivity contribution in [1.82, 2.24) is 5.32 Å². The topological polar surface area (TPSA) is 175 Å². The summed E-state index contributed by atoms with van der Waals surface area (Å²) in [5, 5.41) is 54.1. The average molecular weight is 1030 g/mol. The Balaban J connectivity index is 2.01. The Kier molecular flexibility index (Phi) is 48.6. The fourth-order valence-corrected chi connectivity index (χ4v) is 9.41. The molecule has 0 saturated carbocycles. The predicted octanol–water partition coefficient (Wildman–Crippen LogP) is 14.1. The van der Waals surface area contributed by atoms with Gasteiger partial charge in [-0.1, -0.05) is 229 Å². The van der Waals surface area contributed by atoms with Gasteiger partial charge in [0.15, 0.2) is 6.29 Å². The van der Waals surface area contributed by atoms with Crippen LogP contribution in [0.1, 0.15) is 271 Å². The minimum atomic E-state index is -1.58. The van der Waals surface area contributed by atoms with Crippen LogP contribution in [0.5, 0.6) is 0 Å². The highest BCUT2D eigenvalue weighted by Gasteiger charge is 2.44. The molecule has 73 heavy (non-hydrogen) atoms. The quantitative estimate of drug-likeness (QED) is 0.0195. The maximum atomic E-state index is 13.0. The summed E-state index contributed by atoms with van der Waals surface area (Å²) < 4.78 is 16.7. The third kappa shape index (κ3) is 41.5. The smallest absolute Gasteiger partial charge is 0.305 e. The second kappa shape index (κ2) is 51.7. The van der Waals surface area contributed by atoms with Crippen LogP contribution in [0.4, 0.5) is 0 Å². The van der Waals surface area contributed by atoms with Gasteiger partial charge in [-0.15, -0.1) is 0 Å². The molecule has 0 aromatic heterocycles. The molecule has 0 aliphatic carbocycles. The molecule has 0 bridgehead atoms.